The summed E-state index contributed by atoms with van der Waals surface area (Å²) in [5.74, 6) is 3.57. The van der Waals surface area contributed by atoms with Gasteiger partial charge in [0.15, 0.2) is 0 Å². The summed E-state index contributed by atoms with van der Waals surface area (Å²) in [7, 11) is 0. The standard InChI is InChI=1S/C14H15NO/c1-3-8-15-9-7-12-11-13(16-10-4-2)5-6-14(12)15/h1,5-7,9,11H,4,8,10H2,2H3. The smallest absolute Gasteiger partial charge is 0.120 e. The fourth-order valence-electron chi connectivity index (χ4n) is 1.72. The van der Waals surface area contributed by atoms with Gasteiger partial charge >= 0.3 is 0 Å². The zero-order chi connectivity index (χ0) is 11.4. The van der Waals surface area contributed by atoms with Gasteiger partial charge in [-0.05, 0) is 30.7 Å². The van der Waals surface area contributed by atoms with E-state index in [-0.39, 0.29) is 0 Å². The fourth-order valence-corrected chi connectivity index (χ4v) is 1.72. The lowest BCUT2D eigenvalue weighted by atomic mass is 10.2. The summed E-state index contributed by atoms with van der Waals surface area (Å²) in [6.45, 7) is 3.47. The average molecular weight is 213 g/mol. The molecule has 0 amide bonds. The summed E-state index contributed by atoms with van der Waals surface area (Å²) < 4.78 is 7.64. The van der Waals surface area contributed by atoms with E-state index in [2.05, 4.69) is 35.6 Å². The molecule has 0 fully saturated rings. The van der Waals surface area contributed by atoms with Gasteiger partial charge in [-0.2, -0.15) is 0 Å². The molecule has 1 heterocycles. The molecule has 1 aromatic carbocycles. The Morgan fingerprint density at radius 3 is 3.00 bits per heavy atom. The highest BCUT2D eigenvalue weighted by Gasteiger charge is 2.01. The van der Waals surface area contributed by atoms with Gasteiger partial charge in [0.05, 0.1) is 13.2 Å². The SMILES string of the molecule is C#CCn1ccc2cc(OCCC)ccc21. The van der Waals surface area contributed by atoms with Crippen LogP contribution in [0.2, 0.25) is 0 Å². The van der Waals surface area contributed by atoms with Gasteiger partial charge in [0.2, 0.25) is 0 Å². The second-order valence-electron chi connectivity index (χ2n) is 3.72. The topological polar surface area (TPSA) is 14.2 Å². The Balaban J connectivity index is 2.30. The van der Waals surface area contributed by atoms with E-state index in [4.69, 9.17) is 11.2 Å². The van der Waals surface area contributed by atoms with Crippen LogP contribution < -0.4 is 4.74 Å². The zero-order valence-corrected chi connectivity index (χ0v) is 9.44. The van der Waals surface area contributed by atoms with Gasteiger partial charge < -0.3 is 9.30 Å². The van der Waals surface area contributed by atoms with Crippen LogP contribution >= 0.6 is 0 Å². The maximum absolute atomic E-state index is 5.58. The quantitative estimate of drug-likeness (QED) is 0.712. The number of hydrogen-bond acceptors (Lipinski definition) is 1. The Morgan fingerprint density at radius 2 is 2.25 bits per heavy atom. The molecule has 0 saturated heterocycles. The van der Waals surface area contributed by atoms with Gasteiger partial charge in [-0.25, -0.2) is 0 Å². The van der Waals surface area contributed by atoms with Crippen LogP contribution in [0.15, 0.2) is 30.5 Å². The molecule has 82 valence electrons. The molecule has 0 N–H and O–H groups in total. The van der Waals surface area contributed by atoms with E-state index in [0.717, 1.165) is 24.3 Å². The highest BCUT2D eigenvalue weighted by atomic mass is 16.5. The number of rotatable bonds is 4. The Kier molecular flexibility index (Phi) is 3.16. The third kappa shape index (κ3) is 2.04. The predicted octanol–water partition coefficient (Wildman–Crippen LogP) is 3.06. The van der Waals surface area contributed by atoms with Gasteiger partial charge in [0.1, 0.15) is 5.75 Å². The van der Waals surface area contributed by atoms with Crippen molar-refractivity contribution in [2.75, 3.05) is 6.61 Å². The molecule has 16 heavy (non-hydrogen) atoms. The molecule has 0 radical (unpaired) electrons. The van der Waals surface area contributed by atoms with Crippen LogP contribution in [-0.2, 0) is 6.54 Å². The van der Waals surface area contributed by atoms with E-state index < -0.39 is 0 Å². The zero-order valence-electron chi connectivity index (χ0n) is 9.44. The maximum Gasteiger partial charge on any atom is 0.120 e. The minimum Gasteiger partial charge on any atom is -0.494 e. The lowest BCUT2D eigenvalue weighted by Crippen LogP contribution is -1.95. The van der Waals surface area contributed by atoms with Crippen LogP contribution in [0, 0.1) is 12.3 Å². The van der Waals surface area contributed by atoms with E-state index in [1.54, 1.807) is 0 Å². The third-order valence-corrected chi connectivity index (χ3v) is 2.48. The van der Waals surface area contributed by atoms with Gasteiger partial charge in [-0.15, -0.1) is 6.42 Å². The molecule has 2 nitrogen and oxygen atoms in total. The van der Waals surface area contributed by atoms with Crippen LogP contribution in [0.1, 0.15) is 13.3 Å². The van der Waals surface area contributed by atoms with Crippen molar-refractivity contribution in [3.05, 3.63) is 30.5 Å². The van der Waals surface area contributed by atoms with Crippen LogP contribution in [-0.4, -0.2) is 11.2 Å². The summed E-state index contributed by atoms with van der Waals surface area (Å²) >= 11 is 0. The molecule has 2 aromatic rings. The van der Waals surface area contributed by atoms with Crippen molar-refractivity contribution in [3.8, 4) is 18.1 Å². The van der Waals surface area contributed by atoms with Crippen molar-refractivity contribution >= 4 is 10.9 Å². The number of ether oxygens (including phenoxy) is 1. The van der Waals surface area contributed by atoms with Crippen molar-refractivity contribution in [2.24, 2.45) is 0 Å². The van der Waals surface area contributed by atoms with E-state index in [9.17, 15) is 0 Å². The second kappa shape index (κ2) is 4.76. The van der Waals surface area contributed by atoms with Gasteiger partial charge in [0.25, 0.3) is 0 Å². The maximum atomic E-state index is 5.58. The molecule has 2 rings (SSSR count). The highest BCUT2D eigenvalue weighted by Crippen LogP contribution is 2.22. The molecule has 0 spiro atoms. The minimum atomic E-state index is 0.610. The van der Waals surface area contributed by atoms with E-state index in [1.807, 2.05) is 12.3 Å². The van der Waals surface area contributed by atoms with E-state index in [0.29, 0.717) is 6.54 Å². The van der Waals surface area contributed by atoms with Gasteiger partial charge in [-0.3, -0.25) is 0 Å². The van der Waals surface area contributed by atoms with Gasteiger partial charge in [0, 0.05) is 17.1 Å². The molecule has 0 saturated carbocycles. The molecule has 1 aromatic heterocycles. The number of benzene rings is 1. The number of aromatic nitrogens is 1. The van der Waals surface area contributed by atoms with Crippen molar-refractivity contribution in [1.29, 1.82) is 0 Å². The Bertz CT molecular complexity index is 519. The predicted molar refractivity (Wildman–Crippen MR) is 66.6 cm³/mol. The fraction of sp³-hybridized carbons (Fsp3) is 0.286. The van der Waals surface area contributed by atoms with Crippen molar-refractivity contribution in [3.63, 3.8) is 0 Å². The number of terminal acetylenes is 1. The number of nitrogens with zero attached hydrogens (tertiary/aromatic N) is 1. The van der Waals surface area contributed by atoms with Crippen LogP contribution in [0.25, 0.3) is 10.9 Å². The number of hydrogen-bond donors (Lipinski definition) is 0. The Morgan fingerprint density at radius 1 is 1.38 bits per heavy atom. The first kappa shape index (κ1) is 10.6. The Hall–Kier alpha value is -1.88. The largest absolute Gasteiger partial charge is 0.494 e. The van der Waals surface area contributed by atoms with Crippen LogP contribution in [0.5, 0.6) is 5.75 Å². The average Bonchev–Trinajstić information content (AvgIpc) is 2.70. The lowest BCUT2D eigenvalue weighted by molar-refractivity contribution is 0.318. The molecule has 0 aliphatic carbocycles. The third-order valence-electron chi connectivity index (χ3n) is 2.48. The van der Waals surface area contributed by atoms with Crippen molar-refractivity contribution < 1.29 is 4.74 Å². The summed E-state index contributed by atoms with van der Waals surface area (Å²) in [6.07, 6.45) is 8.34. The van der Waals surface area contributed by atoms with Crippen LogP contribution in [0.3, 0.4) is 0 Å². The van der Waals surface area contributed by atoms with E-state index in [1.165, 1.54) is 5.39 Å². The first-order valence-electron chi connectivity index (χ1n) is 5.50. The second-order valence-corrected chi connectivity index (χ2v) is 3.72. The first-order chi connectivity index (χ1) is 7.85. The molecule has 0 bridgehead atoms. The molecular formula is C14H15NO. The lowest BCUT2D eigenvalue weighted by Gasteiger charge is -2.05. The summed E-state index contributed by atoms with van der Waals surface area (Å²) in [6, 6.07) is 8.16. The molecule has 0 aliphatic rings. The summed E-state index contributed by atoms with van der Waals surface area (Å²) in [4.78, 5) is 0. The molecule has 2 heteroatoms. The number of fused-ring (bicyclic) bond motifs is 1. The van der Waals surface area contributed by atoms with Crippen molar-refractivity contribution in [2.45, 2.75) is 19.9 Å². The first-order valence-corrected chi connectivity index (χ1v) is 5.50. The monoisotopic (exact) mass is 213 g/mol. The van der Waals surface area contributed by atoms with Crippen LogP contribution in [0.4, 0.5) is 0 Å². The Labute approximate surface area is 95.8 Å². The molecule has 0 unspecified atom stereocenters. The van der Waals surface area contributed by atoms with Gasteiger partial charge in [-0.1, -0.05) is 12.8 Å². The highest BCUT2D eigenvalue weighted by molar-refractivity contribution is 5.81. The molecule has 0 aliphatic heterocycles. The van der Waals surface area contributed by atoms with Crippen molar-refractivity contribution in [1.82, 2.24) is 4.57 Å². The van der Waals surface area contributed by atoms with E-state index >= 15 is 0 Å². The normalized spacial score (nSPS) is 10.2. The molecule has 0 atom stereocenters. The minimum absolute atomic E-state index is 0.610. The summed E-state index contributed by atoms with van der Waals surface area (Å²) in [5, 5.41) is 1.17. The molecular weight excluding hydrogens is 198 g/mol. The summed E-state index contributed by atoms with van der Waals surface area (Å²) in [5.41, 5.74) is 1.15.